The van der Waals surface area contributed by atoms with E-state index in [-0.39, 0.29) is 0 Å². The topological polar surface area (TPSA) is 127 Å². The van der Waals surface area contributed by atoms with Crippen LogP contribution in [0.4, 0.5) is 5.69 Å². The van der Waals surface area contributed by atoms with Gasteiger partial charge in [-0.1, -0.05) is 48.5 Å². The zero-order valence-electron chi connectivity index (χ0n) is 27.8. The van der Waals surface area contributed by atoms with Crippen LogP contribution in [0.2, 0.25) is 0 Å². The second kappa shape index (κ2) is 15.0. The molecule has 0 bridgehead atoms. The van der Waals surface area contributed by atoms with Gasteiger partial charge in [0, 0.05) is 48.3 Å². The van der Waals surface area contributed by atoms with Gasteiger partial charge in [-0.25, -0.2) is 19.5 Å². The Morgan fingerprint density at radius 3 is 1.61 bits per heavy atom. The number of nitrogens with one attached hydrogen (secondary N) is 2. The number of H-pyrrole nitrogens is 2. The minimum absolute atomic E-state index is 0.628. The van der Waals surface area contributed by atoms with E-state index in [0.717, 1.165) is 70.8 Å². The maximum atomic E-state index is 9.97. The molecular weight excluding hydrogens is 631 g/mol. The second-order valence-electron chi connectivity index (χ2n) is 12.4. The van der Waals surface area contributed by atoms with Gasteiger partial charge in [0.05, 0.1) is 35.5 Å². The first kappa shape index (κ1) is 32.5. The molecule has 0 spiro atoms. The average Bonchev–Trinajstić information content (AvgIpc) is 4.00. The third kappa shape index (κ3) is 7.52. The van der Waals surface area contributed by atoms with Gasteiger partial charge < -0.3 is 9.97 Å². The molecule has 0 aliphatic rings. The van der Waals surface area contributed by atoms with Crippen LogP contribution < -0.4 is 0 Å². The van der Waals surface area contributed by atoms with E-state index in [9.17, 15) is 10.5 Å². The number of hydrogen-bond donors (Lipinski definition) is 2. The zero-order chi connectivity index (χ0) is 35.0. The summed E-state index contributed by atoms with van der Waals surface area (Å²) in [6.45, 7) is 7.84. The van der Waals surface area contributed by atoms with Crippen molar-refractivity contribution in [2.75, 3.05) is 0 Å². The number of rotatable bonds is 12. The summed E-state index contributed by atoms with van der Waals surface area (Å²) in [5, 5.41) is 24.3. The predicted octanol–water partition coefficient (Wildman–Crippen LogP) is 8.30. The van der Waals surface area contributed by atoms with Gasteiger partial charge in [-0.2, -0.15) is 15.6 Å². The molecular formula is C42H33N9. The number of nitriles is 2. The molecule has 7 rings (SSSR count). The Morgan fingerprint density at radius 1 is 0.627 bits per heavy atom. The molecule has 7 aromatic rings. The summed E-state index contributed by atoms with van der Waals surface area (Å²) in [7, 11) is 0. The molecule has 51 heavy (non-hydrogen) atoms. The minimum atomic E-state index is 0.628. The summed E-state index contributed by atoms with van der Waals surface area (Å²) in [5.41, 5.74) is 11.1. The molecule has 0 unspecified atom stereocenters. The normalized spacial score (nSPS) is 10.8. The Morgan fingerprint density at radius 2 is 1.16 bits per heavy atom. The quantitative estimate of drug-likeness (QED) is 0.127. The first-order valence-corrected chi connectivity index (χ1v) is 16.8. The van der Waals surface area contributed by atoms with E-state index < -0.39 is 0 Å². The maximum absolute atomic E-state index is 9.97. The minimum Gasteiger partial charge on any atom is -0.345 e. The van der Waals surface area contributed by atoms with Crippen LogP contribution in [0, 0.1) is 29.2 Å². The molecule has 2 N–H and O–H groups in total. The molecule has 246 valence electrons. The lowest BCUT2D eigenvalue weighted by Gasteiger charge is -2.13. The first-order chi connectivity index (χ1) is 25.1. The van der Waals surface area contributed by atoms with Crippen molar-refractivity contribution in [2.24, 2.45) is 0 Å². The number of aromatic amines is 2. The highest BCUT2D eigenvalue weighted by atomic mass is 15.3. The fourth-order valence-electron chi connectivity index (χ4n) is 6.48. The van der Waals surface area contributed by atoms with Crippen molar-refractivity contribution in [3.63, 3.8) is 0 Å². The summed E-state index contributed by atoms with van der Waals surface area (Å²) < 4.78 is 1.76. The molecule has 0 aliphatic heterocycles. The average molecular weight is 664 g/mol. The molecule has 0 saturated heterocycles. The predicted molar refractivity (Wildman–Crippen MR) is 196 cm³/mol. The largest absolute Gasteiger partial charge is 0.345 e. The van der Waals surface area contributed by atoms with Crippen molar-refractivity contribution < 1.29 is 0 Å². The van der Waals surface area contributed by atoms with Gasteiger partial charge in [0.15, 0.2) is 5.69 Å². The maximum Gasteiger partial charge on any atom is 0.192 e. The number of nitrogens with zero attached hydrogens (tertiary/aromatic N) is 7. The van der Waals surface area contributed by atoms with Crippen molar-refractivity contribution in [3.05, 3.63) is 172 Å². The number of aryl methyl sites for hydroxylation is 6. The summed E-state index contributed by atoms with van der Waals surface area (Å²) in [4.78, 5) is 18.7. The molecule has 0 amide bonds. The van der Waals surface area contributed by atoms with Crippen molar-refractivity contribution in [1.29, 1.82) is 10.5 Å². The Balaban J connectivity index is 1.13. The van der Waals surface area contributed by atoms with Gasteiger partial charge in [0.25, 0.3) is 0 Å². The molecule has 3 aromatic heterocycles. The molecule has 0 radical (unpaired) electrons. The van der Waals surface area contributed by atoms with Crippen LogP contribution in [-0.4, -0.2) is 29.7 Å². The van der Waals surface area contributed by atoms with E-state index in [0.29, 0.717) is 29.7 Å². The lowest BCUT2D eigenvalue weighted by Crippen LogP contribution is -2.02. The SMILES string of the molecule is [C-]#[N+]c1cc(-n2cccn2)ccc1CCc1cc(CCc2ccc(-c3ncc[nH]3)cc2C#N)cc(CCc2ccc(-c3ncc[nH]3)cc2C#N)c1. The lowest BCUT2D eigenvalue weighted by atomic mass is 9.92. The van der Waals surface area contributed by atoms with Crippen LogP contribution in [0.25, 0.3) is 33.3 Å². The van der Waals surface area contributed by atoms with Crippen molar-refractivity contribution in [3.8, 4) is 40.6 Å². The Kier molecular flexibility index (Phi) is 9.59. The molecule has 0 fully saturated rings. The Hall–Kier alpha value is -7.02. The molecule has 3 heterocycles. The summed E-state index contributed by atoms with van der Waals surface area (Å²) in [5.74, 6) is 1.48. The third-order valence-electron chi connectivity index (χ3n) is 9.12. The van der Waals surface area contributed by atoms with E-state index in [1.165, 1.54) is 16.7 Å². The summed E-state index contributed by atoms with van der Waals surface area (Å²) in [6, 6.07) is 31.2. The molecule has 4 aromatic carbocycles. The molecule has 9 heteroatoms. The van der Waals surface area contributed by atoms with Crippen LogP contribution in [0.3, 0.4) is 0 Å². The van der Waals surface area contributed by atoms with E-state index in [2.05, 4.69) is 60.2 Å². The number of hydrogen-bond acceptors (Lipinski definition) is 5. The third-order valence-corrected chi connectivity index (χ3v) is 9.12. The molecule has 0 saturated carbocycles. The highest BCUT2D eigenvalue weighted by Gasteiger charge is 2.12. The summed E-state index contributed by atoms with van der Waals surface area (Å²) in [6.07, 6.45) is 15.0. The monoisotopic (exact) mass is 663 g/mol. The van der Waals surface area contributed by atoms with Crippen LogP contribution in [-0.2, 0) is 38.5 Å². The first-order valence-electron chi connectivity index (χ1n) is 16.8. The summed E-state index contributed by atoms with van der Waals surface area (Å²) >= 11 is 0. The van der Waals surface area contributed by atoms with Crippen LogP contribution >= 0.6 is 0 Å². The van der Waals surface area contributed by atoms with Crippen LogP contribution in [0.15, 0.2) is 116 Å². The number of aromatic nitrogens is 6. The van der Waals surface area contributed by atoms with Crippen LogP contribution in [0.1, 0.15) is 44.5 Å². The lowest BCUT2D eigenvalue weighted by molar-refractivity contribution is 0.877. The van der Waals surface area contributed by atoms with Gasteiger partial charge in [-0.05, 0) is 102 Å². The van der Waals surface area contributed by atoms with Gasteiger partial charge in [-0.3, -0.25) is 0 Å². The van der Waals surface area contributed by atoms with Gasteiger partial charge in [-0.15, -0.1) is 0 Å². The Bertz CT molecular complexity index is 2120. The van der Waals surface area contributed by atoms with Gasteiger partial charge in [0.2, 0.25) is 0 Å². The van der Waals surface area contributed by atoms with E-state index in [1.54, 1.807) is 35.7 Å². The van der Waals surface area contributed by atoms with Crippen molar-refractivity contribution in [1.82, 2.24) is 29.7 Å². The van der Waals surface area contributed by atoms with Crippen molar-refractivity contribution in [2.45, 2.75) is 38.5 Å². The van der Waals surface area contributed by atoms with Gasteiger partial charge in [0.1, 0.15) is 11.6 Å². The Labute approximate surface area is 296 Å². The van der Waals surface area contributed by atoms with E-state index in [1.807, 2.05) is 66.9 Å². The molecule has 9 nitrogen and oxygen atoms in total. The van der Waals surface area contributed by atoms with Gasteiger partial charge >= 0.3 is 0 Å². The fraction of sp³-hybridized carbons (Fsp3) is 0.143. The second-order valence-corrected chi connectivity index (χ2v) is 12.4. The standard InChI is InChI=1S/C42H33N9/c1-45-40-26-39(51-20-2-15-50-51)14-13-34(40)8-5-31-22-29(3-6-32-9-11-35(24-37(32)27-43)41-46-16-17-47-41)21-30(23-31)4-7-33-10-12-36(25-38(33)28-44)42-48-18-19-49-42/h2,9-26H,3-8H2,(H,46,47)(H,48,49). The van der Waals surface area contributed by atoms with Crippen molar-refractivity contribution >= 4 is 5.69 Å². The van der Waals surface area contributed by atoms with E-state index >= 15 is 0 Å². The number of benzene rings is 4. The molecule has 0 atom stereocenters. The highest BCUT2D eigenvalue weighted by Crippen LogP contribution is 2.27. The highest BCUT2D eigenvalue weighted by molar-refractivity contribution is 5.61. The fourth-order valence-corrected chi connectivity index (χ4v) is 6.48. The zero-order valence-corrected chi connectivity index (χ0v) is 27.8. The van der Waals surface area contributed by atoms with Crippen LogP contribution in [0.5, 0.6) is 0 Å². The van der Waals surface area contributed by atoms with E-state index in [4.69, 9.17) is 6.57 Å². The smallest absolute Gasteiger partial charge is 0.192 e. The number of imidazole rings is 2. The molecule has 0 aliphatic carbocycles.